The summed E-state index contributed by atoms with van der Waals surface area (Å²) in [5.74, 6) is -0.232. The van der Waals surface area contributed by atoms with E-state index in [0.29, 0.717) is 29.9 Å². The van der Waals surface area contributed by atoms with E-state index in [9.17, 15) is 17.6 Å². The minimum absolute atomic E-state index is 0.0609. The molecule has 3 aromatic rings. The summed E-state index contributed by atoms with van der Waals surface area (Å²) in [6.45, 7) is 1.77. The van der Waals surface area contributed by atoms with E-state index in [1.807, 2.05) is 0 Å². The molecule has 1 fully saturated rings. The fourth-order valence-corrected chi connectivity index (χ4v) is 5.95. The molecule has 2 heterocycles. The normalized spacial score (nSPS) is 18.5. The Morgan fingerprint density at radius 3 is 2.48 bits per heavy atom. The van der Waals surface area contributed by atoms with E-state index in [0.717, 1.165) is 12.1 Å². The summed E-state index contributed by atoms with van der Waals surface area (Å²) in [5.41, 5.74) is 1.18. The number of nitrogens with zero attached hydrogens (tertiary/aromatic N) is 4. The first kappa shape index (κ1) is 21.6. The van der Waals surface area contributed by atoms with E-state index < -0.39 is 20.9 Å². The van der Waals surface area contributed by atoms with Gasteiger partial charge in [-0.25, -0.2) is 27.5 Å². The van der Waals surface area contributed by atoms with Crippen LogP contribution in [0.25, 0.3) is 5.69 Å². The van der Waals surface area contributed by atoms with E-state index in [1.165, 1.54) is 16.8 Å². The van der Waals surface area contributed by atoms with Crippen molar-refractivity contribution in [3.8, 4) is 5.69 Å². The van der Waals surface area contributed by atoms with Crippen LogP contribution in [0.2, 0.25) is 5.15 Å². The molecule has 0 bridgehead atoms. The van der Waals surface area contributed by atoms with Crippen LogP contribution < -0.4 is 0 Å². The number of carbonyl (C=O) groups is 1. The smallest absolute Gasteiger partial charge is 0.181 e. The average molecular weight is 463 g/mol. The Bertz CT molecular complexity index is 1210. The van der Waals surface area contributed by atoms with Crippen molar-refractivity contribution < 1.29 is 17.6 Å². The number of ketones is 1. The van der Waals surface area contributed by atoms with Crippen LogP contribution in [0.5, 0.6) is 0 Å². The predicted molar refractivity (Wildman–Crippen MR) is 112 cm³/mol. The Morgan fingerprint density at radius 1 is 1.19 bits per heavy atom. The zero-order valence-electron chi connectivity index (χ0n) is 16.7. The summed E-state index contributed by atoms with van der Waals surface area (Å²) in [4.78, 5) is 21.0. The molecule has 4 rings (SSSR count). The maximum atomic E-state index is 13.1. The van der Waals surface area contributed by atoms with Gasteiger partial charge in [0, 0.05) is 24.6 Å². The highest BCUT2D eigenvalue weighted by Crippen LogP contribution is 2.39. The summed E-state index contributed by atoms with van der Waals surface area (Å²) in [7, 11) is -3.61. The third-order valence-electron chi connectivity index (χ3n) is 5.54. The predicted octanol–water partition coefficient (Wildman–Crippen LogP) is 3.52. The highest BCUT2D eigenvalue weighted by molar-refractivity contribution is 7.92. The number of aromatic nitrogens is 4. The molecule has 1 aromatic carbocycles. The SMILES string of the molecule is Cc1ncc(-n2cc(CC(=O)C[C@@H]3CC[C@@H]3S(=O)(=O)c3ccc(F)cc3)c(Cl)n2)cn1. The zero-order valence-corrected chi connectivity index (χ0v) is 18.3. The number of benzene rings is 1. The van der Waals surface area contributed by atoms with Gasteiger partial charge in [0.25, 0.3) is 0 Å². The molecule has 1 aliphatic carbocycles. The maximum Gasteiger partial charge on any atom is 0.181 e. The molecule has 2 aromatic heterocycles. The Hall–Kier alpha value is -2.65. The fourth-order valence-electron chi connectivity index (χ4n) is 3.70. The van der Waals surface area contributed by atoms with E-state index >= 15 is 0 Å². The van der Waals surface area contributed by atoms with Crippen LogP contribution in [0.3, 0.4) is 0 Å². The van der Waals surface area contributed by atoms with Crippen molar-refractivity contribution in [2.24, 2.45) is 5.92 Å². The number of halogens is 2. The van der Waals surface area contributed by atoms with Crippen molar-refractivity contribution in [3.63, 3.8) is 0 Å². The van der Waals surface area contributed by atoms with E-state index in [-0.39, 0.29) is 34.6 Å². The minimum Gasteiger partial charge on any atom is -0.299 e. The molecule has 31 heavy (non-hydrogen) atoms. The number of aryl methyl sites for hydroxylation is 1. The largest absolute Gasteiger partial charge is 0.299 e. The lowest BCUT2D eigenvalue weighted by molar-refractivity contribution is -0.119. The molecule has 1 aliphatic rings. The molecular weight excluding hydrogens is 443 g/mol. The lowest BCUT2D eigenvalue weighted by Crippen LogP contribution is -2.40. The van der Waals surface area contributed by atoms with Crippen LogP contribution in [-0.2, 0) is 21.1 Å². The summed E-state index contributed by atoms with van der Waals surface area (Å²) in [6, 6.07) is 4.80. The van der Waals surface area contributed by atoms with Gasteiger partial charge in [-0.3, -0.25) is 4.79 Å². The first-order chi connectivity index (χ1) is 14.7. The van der Waals surface area contributed by atoms with Crippen molar-refractivity contribution in [2.75, 3.05) is 0 Å². The van der Waals surface area contributed by atoms with Gasteiger partial charge in [-0.1, -0.05) is 11.6 Å². The molecule has 0 radical (unpaired) electrons. The highest BCUT2D eigenvalue weighted by atomic mass is 35.5. The van der Waals surface area contributed by atoms with Crippen molar-refractivity contribution >= 4 is 27.2 Å². The number of Topliss-reactive ketones (excluding diaryl/α,β-unsaturated/α-hetero) is 1. The molecule has 1 saturated carbocycles. The van der Waals surface area contributed by atoms with Gasteiger partial charge in [-0.2, -0.15) is 5.10 Å². The minimum atomic E-state index is -3.61. The summed E-state index contributed by atoms with van der Waals surface area (Å²) in [6.07, 6.45) is 6.22. The number of rotatable bonds is 7. The Kier molecular flexibility index (Phi) is 5.90. The fraction of sp³-hybridized carbons (Fsp3) is 0.333. The number of hydrogen-bond donors (Lipinski definition) is 0. The number of sulfone groups is 1. The van der Waals surface area contributed by atoms with Gasteiger partial charge >= 0.3 is 0 Å². The first-order valence-corrected chi connectivity index (χ1v) is 11.7. The standard InChI is InChI=1S/C21H20ClFN4O3S/c1-13-24-10-17(11-25-13)27-12-15(21(22)26-27)9-18(28)8-14-2-7-20(14)31(29,30)19-5-3-16(23)4-6-19/h3-6,10-12,14,20H,2,7-9H2,1H3/t14-,20-/m0/s1. The Labute approximate surface area is 184 Å². The zero-order chi connectivity index (χ0) is 22.2. The van der Waals surface area contributed by atoms with E-state index in [4.69, 9.17) is 11.6 Å². The molecule has 0 aliphatic heterocycles. The Balaban J connectivity index is 1.42. The Morgan fingerprint density at radius 2 is 1.87 bits per heavy atom. The van der Waals surface area contributed by atoms with Gasteiger partial charge in [0.2, 0.25) is 0 Å². The lowest BCUT2D eigenvalue weighted by atomic mass is 9.80. The van der Waals surface area contributed by atoms with Crippen LogP contribution in [0, 0.1) is 18.7 Å². The van der Waals surface area contributed by atoms with Gasteiger partial charge in [-0.05, 0) is 49.9 Å². The van der Waals surface area contributed by atoms with E-state index in [1.54, 1.807) is 25.5 Å². The first-order valence-electron chi connectivity index (χ1n) is 9.78. The van der Waals surface area contributed by atoms with Crippen LogP contribution in [-0.4, -0.2) is 39.2 Å². The maximum absolute atomic E-state index is 13.1. The molecule has 2 atom stereocenters. The van der Waals surface area contributed by atoms with Crippen molar-refractivity contribution in [2.45, 2.75) is 42.8 Å². The second-order valence-corrected chi connectivity index (χ2v) is 10.2. The lowest BCUT2D eigenvalue weighted by Gasteiger charge is -2.35. The third kappa shape index (κ3) is 4.52. The molecule has 7 nitrogen and oxygen atoms in total. The molecular formula is C21H20ClFN4O3S. The van der Waals surface area contributed by atoms with Crippen LogP contribution in [0.15, 0.2) is 47.8 Å². The molecule has 0 N–H and O–H groups in total. The third-order valence-corrected chi connectivity index (χ3v) is 8.20. The topological polar surface area (TPSA) is 94.8 Å². The van der Waals surface area contributed by atoms with Gasteiger partial charge in [0.15, 0.2) is 15.0 Å². The molecule has 162 valence electrons. The second-order valence-electron chi connectivity index (χ2n) is 7.67. The van der Waals surface area contributed by atoms with Crippen molar-refractivity contribution in [1.29, 1.82) is 0 Å². The van der Waals surface area contributed by atoms with Crippen LogP contribution in [0.1, 0.15) is 30.7 Å². The average Bonchev–Trinajstić information content (AvgIpc) is 3.06. The van der Waals surface area contributed by atoms with Gasteiger partial charge in [-0.15, -0.1) is 0 Å². The monoisotopic (exact) mass is 462 g/mol. The quantitative estimate of drug-likeness (QED) is 0.498. The molecule has 0 saturated heterocycles. The molecule has 10 heteroatoms. The van der Waals surface area contributed by atoms with Crippen LogP contribution >= 0.6 is 11.6 Å². The van der Waals surface area contributed by atoms with E-state index in [2.05, 4.69) is 15.1 Å². The second kappa shape index (κ2) is 8.47. The summed E-state index contributed by atoms with van der Waals surface area (Å²) < 4.78 is 40.3. The van der Waals surface area contributed by atoms with Gasteiger partial charge < -0.3 is 0 Å². The molecule has 0 unspecified atom stereocenters. The summed E-state index contributed by atoms with van der Waals surface area (Å²) in [5, 5.41) is 3.77. The van der Waals surface area contributed by atoms with Gasteiger partial charge in [0.05, 0.1) is 22.5 Å². The van der Waals surface area contributed by atoms with Gasteiger partial charge in [0.1, 0.15) is 23.1 Å². The number of hydrogen-bond acceptors (Lipinski definition) is 6. The van der Waals surface area contributed by atoms with Crippen LogP contribution in [0.4, 0.5) is 4.39 Å². The molecule has 0 spiro atoms. The highest BCUT2D eigenvalue weighted by Gasteiger charge is 2.42. The molecule has 0 amide bonds. The van der Waals surface area contributed by atoms with Crippen molar-refractivity contribution in [3.05, 3.63) is 65.2 Å². The number of carbonyl (C=O) groups excluding carboxylic acids is 1. The van der Waals surface area contributed by atoms with Crippen molar-refractivity contribution in [1.82, 2.24) is 19.7 Å². The summed E-state index contributed by atoms with van der Waals surface area (Å²) >= 11 is 6.20.